The lowest BCUT2D eigenvalue weighted by atomic mass is 9.96. The Morgan fingerprint density at radius 1 is 1.20 bits per heavy atom. The zero-order chi connectivity index (χ0) is 24.5. The zero-order valence-corrected chi connectivity index (χ0v) is 20.5. The predicted molar refractivity (Wildman–Crippen MR) is 135 cm³/mol. The van der Waals surface area contributed by atoms with Gasteiger partial charge in [0.25, 0.3) is 0 Å². The number of carbonyl (C=O) groups excluding carboxylic acids is 1. The van der Waals surface area contributed by atoms with Gasteiger partial charge in [-0.25, -0.2) is 0 Å². The molecule has 0 bridgehead atoms. The van der Waals surface area contributed by atoms with E-state index in [-0.39, 0.29) is 11.9 Å². The Morgan fingerprint density at radius 3 is 2.66 bits per heavy atom. The van der Waals surface area contributed by atoms with Crippen LogP contribution in [0.15, 0.2) is 54.9 Å². The van der Waals surface area contributed by atoms with E-state index in [1.165, 1.54) is 0 Å². The molecule has 1 aliphatic heterocycles. The van der Waals surface area contributed by atoms with Gasteiger partial charge < -0.3 is 9.80 Å². The molecule has 1 fully saturated rings. The Balaban J connectivity index is 1.61. The molecule has 1 atom stereocenters. The normalized spacial score (nSPS) is 17.6. The van der Waals surface area contributed by atoms with Gasteiger partial charge >= 0.3 is 0 Å². The van der Waals surface area contributed by atoms with Crippen molar-refractivity contribution >= 4 is 5.91 Å². The van der Waals surface area contributed by atoms with E-state index in [1.54, 1.807) is 18.5 Å². The number of likely N-dealkylation sites (N-methyl/N-ethyl adjacent to an activating group) is 1. The van der Waals surface area contributed by atoms with Gasteiger partial charge in [0, 0.05) is 36.1 Å². The van der Waals surface area contributed by atoms with E-state index in [1.807, 2.05) is 61.2 Å². The summed E-state index contributed by atoms with van der Waals surface area (Å²) in [5, 5.41) is 14.6. The van der Waals surface area contributed by atoms with Crippen molar-refractivity contribution < 1.29 is 4.79 Å². The fraction of sp³-hybridized carbons (Fsp3) is 0.357. The highest BCUT2D eigenvalue weighted by Gasteiger charge is 2.41. The molecule has 5 rings (SSSR count). The Bertz CT molecular complexity index is 1310. The van der Waals surface area contributed by atoms with Gasteiger partial charge in [-0.15, -0.1) is 0 Å². The number of hydrogen-bond acceptors (Lipinski definition) is 5. The number of nitrogens with zero attached hydrogens (tertiary/aromatic N) is 6. The maximum absolute atomic E-state index is 13.3. The van der Waals surface area contributed by atoms with Gasteiger partial charge in [-0.2, -0.15) is 10.4 Å². The van der Waals surface area contributed by atoms with Crippen LogP contribution in [0, 0.1) is 24.2 Å². The van der Waals surface area contributed by atoms with Crippen LogP contribution in [0.25, 0.3) is 22.4 Å². The van der Waals surface area contributed by atoms with E-state index in [0.717, 1.165) is 53.0 Å². The first-order chi connectivity index (χ1) is 16.9. The lowest BCUT2D eigenvalue weighted by Crippen LogP contribution is -2.47. The molecule has 0 unspecified atom stereocenters. The Labute approximate surface area is 206 Å². The van der Waals surface area contributed by atoms with Crippen molar-refractivity contribution in [2.45, 2.75) is 38.9 Å². The molecular weight excluding hydrogens is 436 g/mol. The van der Waals surface area contributed by atoms with Gasteiger partial charge in [-0.1, -0.05) is 6.08 Å². The number of amides is 1. The molecule has 1 saturated carbocycles. The highest BCUT2D eigenvalue weighted by Crippen LogP contribution is 2.42. The lowest BCUT2D eigenvalue weighted by molar-refractivity contribution is -0.130. The summed E-state index contributed by atoms with van der Waals surface area (Å²) in [6.07, 6.45) is 9.52. The lowest BCUT2D eigenvalue weighted by Gasteiger charge is -2.36. The van der Waals surface area contributed by atoms with Gasteiger partial charge in [0.2, 0.25) is 5.91 Å². The predicted octanol–water partition coefficient (Wildman–Crippen LogP) is 4.03. The van der Waals surface area contributed by atoms with Crippen LogP contribution in [0.4, 0.5) is 0 Å². The minimum atomic E-state index is 0.0563. The average molecular weight is 467 g/mol. The van der Waals surface area contributed by atoms with Crippen molar-refractivity contribution in [2.75, 3.05) is 20.6 Å². The number of aromatic nitrogens is 3. The van der Waals surface area contributed by atoms with Crippen LogP contribution in [-0.2, 0) is 17.9 Å². The van der Waals surface area contributed by atoms with E-state index >= 15 is 0 Å². The van der Waals surface area contributed by atoms with Gasteiger partial charge in [-0.05, 0) is 81.2 Å². The minimum absolute atomic E-state index is 0.0563. The van der Waals surface area contributed by atoms with Crippen molar-refractivity contribution in [3.8, 4) is 28.5 Å². The van der Waals surface area contributed by atoms with Crippen LogP contribution in [0.3, 0.4) is 0 Å². The summed E-state index contributed by atoms with van der Waals surface area (Å²) in [4.78, 5) is 21.6. The summed E-state index contributed by atoms with van der Waals surface area (Å²) in [6.45, 7) is 3.92. The van der Waals surface area contributed by atoms with Crippen LogP contribution in [0.2, 0.25) is 0 Å². The van der Waals surface area contributed by atoms with E-state index in [2.05, 4.69) is 21.8 Å². The SMILES string of the molecule is Cc1cc(C#N)cc(-c2nn3c(c2-c2ccncc2)CN(C(=O)/C=C/CN(C)C)[C@@H](C2CC2)C3)c1. The third-order valence-corrected chi connectivity index (χ3v) is 6.77. The Morgan fingerprint density at radius 2 is 1.97 bits per heavy atom. The number of pyridine rings is 1. The number of rotatable bonds is 6. The second-order valence-corrected chi connectivity index (χ2v) is 9.82. The molecule has 0 radical (unpaired) electrons. The molecule has 2 aliphatic rings. The fourth-order valence-corrected chi connectivity index (χ4v) is 4.96. The topological polar surface area (TPSA) is 78.0 Å². The van der Waals surface area contributed by atoms with Crippen LogP contribution in [0.1, 0.15) is 29.7 Å². The van der Waals surface area contributed by atoms with E-state index in [0.29, 0.717) is 24.6 Å². The molecule has 1 aliphatic carbocycles. The number of carbonyl (C=O) groups is 1. The molecule has 1 aromatic carbocycles. The second-order valence-electron chi connectivity index (χ2n) is 9.82. The molecule has 3 aromatic rings. The summed E-state index contributed by atoms with van der Waals surface area (Å²) in [6, 6.07) is 12.2. The Kier molecular flexibility index (Phi) is 6.23. The highest BCUT2D eigenvalue weighted by molar-refractivity contribution is 5.89. The molecule has 1 amide bonds. The molecule has 178 valence electrons. The number of nitriles is 1. The number of benzene rings is 1. The maximum atomic E-state index is 13.3. The van der Waals surface area contributed by atoms with Crippen LogP contribution >= 0.6 is 0 Å². The molecule has 7 heteroatoms. The number of fused-ring (bicyclic) bond motifs is 1. The van der Waals surface area contributed by atoms with E-state index in [4.69, 9.17) is 5.10 Å². The van der Waals surface area contributed by atoms with Gasteiger partial charge in [0.15, 0.2) is 0 Å². The average Bonchev–Trinajstić information content (AvgIpc) is 3.63. The highest BCUT2D eigenvalue weighted by atomic mass is 16.2. The molecule has 35 heavy (non-hydrogen) atoms. The monoisotopic (exact) mass is 466 g/mol. The molecule has 7 nitrogen and oxygen atoms in total. The van der Waals surface area contributed by atoms with E-state index in [9.17, 15) is 10.1 Å². The molecular formula is C28H30N6O. The van der Waals surface area contributed by atoms with Crippen molar-refractivity contribution in [3.05, 3.63) is 71.7 Å². The van der Waals surface area contributed by atoms with Crippen LogP contribution < -0.4 is 0 Å². The summed E-state index contributed by atoms with van der Waals surface area (Å²) < 4.78 is 2.09. The van der Waals surface area contributed by atoms with Crippen molar-refractivity contribution in [2.24, 2.45) is 5.92 Å². The zero-order valence-electron chi connectivity index (χ0n) is 20.5. The van der Waals surface area contributed by atoms with Gasteiger partial charge in [-0.3, -0.25) is 14.5 Å². The standard InChI is InChI=1S/C28H30N6O/c1-19-13-20(16-29)15-23(14-19)28-27(22-8-10-30-11-9-22)25-17-33(26(35)5-4-12-32(2)3)24(21-6-7-21)18-34(25)31-28/h4-5,8-11,13-15,21,24H,6-7,12,17-18H2,1-3H3/b5-4+/t24-/m1/s1. The van der Waals surface area contributed by atoms with Crippen molar-refractivity contribution in [1.29, 1.82) is 5.26 Å². The molecule has 3 heterocycles. The first kappa shape index (κ1) is 23.0. The molecule has 0 spiro atoms. The molecule has 0 saturated heterocycles. The van der Waals surface area contributed by atoms with E-state index < -0.39 is 0 Å². The van der Waals surface area contributed by atoms with Gasteiger partial charge in [0.05, 0.1) is 36.5 Å². The van der Waals surface area contributed by atoms with Crippen molar-refractivity contribution in [3.63, 3.8) is 0 Å². The summed E-state index contributed by atoms with van der Waals surface area (Å²) in [7, 11) is 3.99. The third kappa shape index (κ3) is 4.75. The summed E-state index contributed by atoms with van der Waals surface area (Å²) in [5.74, 6) is 0.580. The van der Waals surface area contributed by atoms with Gasteiger partial charge in [0.1, 0.15) is 5.69 Å². The quantitative estimate of drug-likeness (QED) is 0.513. The third-order valence-electron chi connectivity index (χ3n) is 6.77. The molecule has 0 N–H and O–H groups in total. The fourth-order valence-electron chi connectivity index (χ4n) is 4.96. The first-order valence-electron chi connectivity index (χ1n) is 12.1. The number of aryl methyl sites for hydroxylation is 1. The maximum Gasteiger partial charge on any atom is 0.246 e. The van der Waals surface area contributed by atoms with Crippen LogP contribution in [0.5, 0.6) is 0 Å². The van der Waals surface area contributed by atoms with Crippen molar-refractivity contribution in [1.82, 2.24) is 24.6 Å². The summed E-state index contributed by atoms with van der Waals surface area (Å²) in [5.41, 5.74) is 6.44. The summed E-state index contributed by atoms with van der Waals surface area (Å²) >= 11 is 0. The second kappa shape index (κ2) is 9.47. The van der Waals surface area contributed by atoms with Crippen LogP contribution in [-0.4, -0.2) is 57.2 Å². The smallest absolute Gasteiger partial charge is 0.246 e. The largest absolute Gasteiger partial charge is 0.328 e. The Hall–Kier alpha value is -3.76. The first-order valence-corrected chi connectivity index (χ1v) is 12.1. The minimum Gasteiger partial charge on any atom is -0.328 e. The number of hydrogen-bond donors (Lipinski definition) is 0. The molecule has 2 aromatic heterocycles.